The highest BCUT2D eigenvalue weighted by atomic mass is 19.1. The van der Waals surface area contributed by atoms with Crippen LogP contribution < -0.4 is 10.1 Å². The molecule has 0 atom stereocenters. The van der Waals surface area contributed by atoms with E-state index in [-0.39, 0.29) is 12.4 Å². The van der Waals surface area contributed by atoms with Gasteiger partial charge in [-0.2, -0.15) is 0 Å². The molecule has 5 heteroatoms. The van der Waals surface area contributed by atoms with Gasteiger partial charge in [0.25, 0.3) is 0 Å². The third kappa shape index (κ3) is 4.72. The molecule has 2 aromatic rings. The number of hydrogen-bond donors (Lipinski definition) is 2. The summed E-state index contributed by atoms with van der Waals surface area (Å²) in [5.41, 5.74) is 2.49. The zero-order chi connectivity index (χ0) is 15.8. The van der Waals surface area contributed by atoms with Crippen LogP contribution in [0.15, 0.2) is 42.5 Å². The fourth-order valence-electron chi connectivity index (χ4n) is 1.96. The van der Waals surface area contributed by atoms with Crippen molar-refractivity contribution in [2.75, 3.05) is 25.6 Å². The van der Waals surface area contributed by atoms with Gasteiger partial charge in [0.2, 0.25) is 0 Å². The second kappa shape index (κ2) is 8.36. The van der Waals surface area contributed by atoms with Gasteiger partial charge in [0.1, 0.15) is 18.2 Å². The summed E-state index contributed by atoms with van der Waals surface area (Å²) >= 11 is 0. The van der Waals surface area contributed by atoms with Crippen LogP contribution in [-0.2, 0) is 17.9 Å². The molecule has 0 heterocycles. The summed E-state index contributed by atoms with van der Waals surface area (Å²) in [5.74, 6) is 0.266. The average molecular weight is 305 g/mol. The van der Waals surface area contributed by atoms with Gasteiger partial charge in [-0.25, -0.2) is 4.39 Å². The van der Waals surface area contributed by atoms with Crippen LogP contribution in [-0.4, -0.2) is 25.4 Å². The molecule has 4 nitrogen and oxygen atoms in total. The van der Waals surface area contributed by atoms with Crippen LogP contribution in [0.2, 0.25) is 0 Å². The number of hydrogen-bond acceptors (Lipinski definition) is 4. The van der Waals surface area contributed by atoms with Gasteiger partial charge in [0, 0.05) is 19.7 Å². The number of methoxy groups -OCH3 is 1. The topological polar surface area (TPSA) is 50.7 Å². The summed E-state index contributed by atoms with van der Waals surface area (Å²) in [7, 11) is 1.60. The molecule has 2 aromatic carbocycles. The molecule has 0 aliphatic heterocycles. The fourth-order valence-corrected chi connectivity index (χ4v) is 1.96. The first-order valence-corrected chi connectivity index (χ1v) is 7.06. The minimum Gasteiger partial charge on any atom is -0.489 e. The first-order chi connectivity index (χ1) is 10.7. The number of aliphatic hydroxyl groups is 1. The molecule has 0 saturated carbocycles. The molecule has 2 rings (SSSR count). The van der Waals surface area contributed by atoms with Crippen molar-refractivity contribution in [3.8, 4) is 5.75 Å². The van der Waals surface area contributed by atoms with Crippen LogP contribution in [0, 0.1) is 5.82 Å². The van der Waals surface area contributed by atoms with E-state index < -0.39 is 0 Å². The Hall–Kier alpha value is -2.11. The van der Waals surface area contributed by atoms with Crippen LogP contribution in [0.5, 0.6) is 5.75 Å². The van der Waals surface area contributed by atoms with Crippen molar-refractivity contribution in [3.05, 3.63) is 59.4 Å². The molecule has 2 N–H and O–H groups in total. The number of benzene rings is 2. The van der Waals surface area contributed by atoms with Gasteiger partial charge in [-0.05, 0) is 23.3 Å². The van der Waals surface area contributed by atoms with Crippen molar-refractivity contribution < 1.29 is 19.0 Å². The Morgan fingerprint density at radius 3 is 2.45 bits per heavy atom. The van der Waals surface area contributed by atoms with Gasteiger partial charge < -0.3 is 19.9 Å². The Kier molecular flexibility index (Phi) is 6.18. The third-order valence-electron chi connectivity index (χ3n) is 3.18. The predicted molar refractivity (Wildman–Crippen MR) is 83.5 cm³/mol. The van der Waals surface area contributed by atoms with Gasteiger partial charge in [-0.3, -0.25) is 0 Å². The zero-order valence-corrected chi connectivity index (χ0v) is 12.5. The summed E-state index contributed by atoms with van der Waals surface area (Å²) < 4.78 is 23.9. The monoisotopic (exact) mass is 305 g/mol. The maximum atomic E-state index is 13.4. The zero-order valence-electron chi connectivity index (χ0n) is 12.5. The lowest BCUT2D eigenvalue weighted by Gasteiger charge is -2.13. The van der Waals surface area contributed by atoms with E-state index in [0.29, 0.717) is 31.2 Å². The first kappa shape index (κ1) is 16.3. The standard InChI is InChI=1S/C17H20FNO3/c1-21-8-9-22-17-7-6-15(18)10-16(17)19-11-13-2-4-14(12-20)5-3-13/h2-7,10,19-20H,8-9,11-12H2,1H3. The second-order valence-electron chi connectivity index (χ2n) is 4.81. The van der Waals surface area contributed by atoms with E-state index in [1.54, 1.807) is 13.2 Å². The molecule has 0 aliphatic carbocycles. The van der Waals surface area contributed by atoms with Crippen molar-refractivity contribution in [3.63, 3.8) is 0 Å². The van der Waals surface area contributed by atoms with Gasteiger partial charge in [0.15, 0.2) is 0 Å². The lowest BCUT2D eigenvalue weighted by molar-refractivity contribution is 0.146. The summed E-state index contributed by atoms with van der Waals surface area (Å²) in [6, 6.07) is 11.9. The highest BCUT2D eigenvalue weighted by Gasteiger charge is 2.06. The van der Waals surface area contributed by atoms with Gasteiger partial charge in [-0.1, -0.05) is 24.3 Å². The van der Waals surface area contributed by atoms with Crippen LogP contribution in [0.4, 0.5) is 10.1 Å². The van der Waals surface area contributed by atoms with E-state index in [9.17, 15) is 4.39 Å². The number of anilines is 1. The van der Waals surface area contributed by atoms with E-state index in [1.165, 1.54) is 12.1 Å². The molecule has 0 aliphatic rings. The maximum Gasteiger partial charge on any atom is 0.142 e. The molecular weight excluding hydrogens is 285 g/mol. The van der Waals surface area contributed by atoms with Crippen molar-refractivity contribution >= 4 is 5.69 Å². The quantitative estimate of drug-likeness (QED) is 0.736. The third-order valence-corrected chi connectivity index (χ3v) is 3.18. The first-order valence-electron chi connectivity index (χ1n) is 7.06. The smallest absolute Gasteiger partial charge is 0.142 e. The van der Waals surface area contributed by atoms with E-state index >= 15 is 0 Å². The molecule has 0 spiro atoms. The SMILES string of the molecule is COCCOc1ccc(F)cc1NCc1ccc(CO)cc1. The second-order valence-corrected chi connectivity index (χ2v) is 4.81. The molecule has 0 radical (unpaired) electrons. The molecule has 0 unspecified atom stereocenters. The number of rotatable bonds is 8. The molecule has 0 amide bonds. The Morgan fingerprint density at radius 2 is 1.77 bits per heavy atom. The highest BCUT2D eigenvalue weighted by Crippen LogP contribution is 2.26. The Morgan fingerprint density at radius 1 is 1.05 bits per heavy atom. The van der Waals surface area contributed by atoms with Crippen LogP contribution >= 0.6 is 0 Å². The van der Waals surface area contributed by atoms with Crippen LogP contribution in [0.3, 0.4) is 0 Å². The van der Waals surface area contributed by atoms with Crippen molar-refractivity contribution in [1.82, 2.24) is 0 Å². The summed E-state index contributed by atoms with van der Waals surface area (Å²) in [6.07, 6.45) is 0. The lowest BCUT2D eigenvalue weighted by atomic mass is 10.1. The molecule has 22 heavy (non-hydrogen) atoms. The number of aliphatic hydroxyl groups excluding tert-OH is 1. The maximum absolute atomic E-state index is 13.4. The van der Waals surface area contributed by atoms with Crippen molar-refractivity contribution in [1.29, 1.82) is 0 Å². The number of halogens is 1. The molecule has 118 valence electrons. The molecule has 0 bridgehead atoms. The normalized spacial score (nSPS) is 10.5. The predicted octanol–water partition coefficient (Wildman–Crippen LogP) is 2.96. The Balaban J connectivity index is 2.01. The van der Waals surface area contributed by atoms with E-state index in [4.69, 9.17) is 14.6 Å². The molecular formula is C17H20FNO3. The van der Waals surface area contributed by atoms with Crippen LogP contribution in [0.25, 0.3) is 0 Å². The summed E-state index contributed by atoms with van der Waals surface area (Å²) in [4.78, 5) is 0. The minimum absolute atomic E-state index is 0.0229. The average Bonchev–Trinajstić information content (AvgIpc) is 2.55. The fraction of sp³-hybridized carbons (Fsp3) is 0.294. The van der Waals surface area contributed by atoms with Gasteiger partial charge in [0.05, 0.1) is 18.9 Å². The van der Waals surface area contributed by atoms with E-state index in [0.717, 1.165) is 11.1 Å². The summed E-state index contributed by atoms with van der Waals surface area (Å²) in [5, 5.41) is 12.2. The Bertz CT molecular complexity index is 587. The highest BCUT2D eigenvalue weighted by molar-refractivity contribution is 5.56. The molecule has 0 fully saturated rings. The largest absolute Gasteiger partial charge is 0.489 e. The summed E-state index contributed by atoms with van der Waals surface area (Å²) in [6.45, 7) is 1.44. The van der Waals surface area contributed by atoms with E-state index in [1.807, 2.05) is 24.3 Å². The minimum atomic E-state index is -0.322. The van der Waals surface area contributed by atoms with Gasteiger partial charge >= 0.3 is 0 Å². The molecule has 0 saturated heterocycles. The lowest BCUT2D eigenvalue weighted by Crippen LogP contribution is -2.07. The number of ether oxygens (including phenoxy) is 2. The number of nitrogens with one attached hydrogen (secondary N) is 1. The van der Waals surface area contributed by atoms with Gasteiger partial charge in [-0.15, -0.1) is 0 Å². The Labute approximate surface area is 129 Å². The van der Waals surface area contributed by atoms with Crippen molar-refractivity contribution in [2.45, 2.75) is 13.2 Å². The molecule has 0 aromatic heterocycles. The van der Waals surface area contributed by atoms with Crippen LogP contribution in [0.1, 0.15) is 11.1 Å². The van der Waals surface area contributed by atoms with E-state index in [2.05, 4.69) is 5.32 Å². The van der Waals surface area contributed by atoms with Crippen molar-refractivity contribution in [2.24, 2.45) is 0 Å².